The minimum atomic E-state index is 0.165. The van der Waals surface area contributed by atoms with Crippen molar-refractivity contribution in [3.8, 4) is 5.75 Å². The van der Waals surface area contributed by atoms with Crippen molar-refractivity contribution in [2.24, 2.45) is 0 Å². The molecule has 0 N–H and O–H groups in total. The second-order valence-electron chi connectivity index (χ2n) is 6.70. The van der Waals surface area contributed by atoms with Gasteiger partial charge in [0.05, 0.1) is 6.61 Å². The molecule has 0 aromatic heterocycles. The molecule has 0 aliphatic carbocycles. The lowest BCUT2D eigenvalue weighted by molar-refractivity contribution is -0.133. The Kier molecular flexibility index (Phi) is 7.47. The molecule has 138 valence electrons. The number of piperazine rings is 1. The average molecular weight is 345 g/mol. The quantitative estimate of drug-likeness (QED) is 0.677. The summed E-state index contributed by atoms with van der Waals surface area (Å²) in [6.45, 7) is 10.5. The van der Waals surface area contributed by atoms with Crippen LogP contribution < -0.4 is 4.74 Å². The molecule has 5 heteroatoms. The molecule has 1 fully saturated rings. The SMILES string of the molecule is C=CCN(Cc1ccccc1OCC)C(=O)CC1CN(C)CCN1C. The molecule has 1 amide bonds. The Morgan fingerprint density at radius 1 is 1.36 bits per heavy atom. The first-order valence-corrected chi connectivity index (χ1v) is 9.03. The van der Waals surface area contributed by atoms with Crippen molar-refractivity contribution in [1.82, 2.24) is 14.7 Å². The van der Waals surface area contributed by atoms with Crippen molar-refractivity contribution < 1.29 is 9.53 Å². The van der Waals surface area contributed by atoms with Crippen molar-refractivity contribution in [3.63, 3.8) is 0 Å². The second kappa shape index (κ2) is 9.59. The van der Waals surface area contributed by atoms with E-state index in [4.69, 9.17) is 4.74 Å². The van der Waals surface area contributed by atoms with E-state index in [2.05, 4.69) is 30.5 Å². The molecule has 25 heavy (non-hydrogen) atoms. The van der Waals surface area contributed by atoms with Crippen LogP contribution in [0.1, 0.15) is 18.9 Å². The number of para-hydroxylation sites is 1. The molecule has 1 aromatic rings. The summed E-state index contributed by atoms with van der Waals surface area (Å²) < 4.78 is 5.70. The van der Waals surface area contributed by atoms with Gasteiger partial charge in [-0.3, -0.25) is 4.79 Å². The molecule has 2 rings (SSSR count). The first-order chi connectivity index (χ1) is 12.0. The molecule has 1 heterocycles. The van der Waals surface area contributed by atoms with Gasteiger partial charge >= 0.3 is 0 Å². The zero-order valence-corrected chi connectivity index (χ0v) is 15.8. The monoisotopic (exact) mass is 345 g/mol. The number of carbonyl (C=O) groups excluding carboxylic acids is 1. The highest BCUT2D eigenvalue weighted by atomic mass is 16.5. The molecule has 1 unspecified atom stereocenters. The summed E-state index contributed by atoms with van der Waals surface area (Å²) in [6, 6.07) is 8.19. The molecule has 0 radical (unpaired) electrons. The number of rotatable bonds is 8. The fourth-order valence-corrected chi connectivity index (χ4v) is 3.20. The Hall–Kier alpha value is -1.85. The van der Waals surface area contributed by atoms with Crippen molar-refractivity contribution in [3.05, 3.63) is 42.5 Å². The highest BCUT2D eigenvalue weighted by Gasteiger charge is 2.26. The van der Waals surface area contributed by atoms with Gasteiger partial charge in [0.2, 0.25) is 5.91 Å². The van der Waals surface area contributed by atoms with Crippen LogP contribution in [0.15, 0.2) is 36.9 Å². The van der Waals surface area contributed by atoms with Crippen molar-refractivity contribution in [1.29, 1.82) is 0 Å². The van der Waals surface area contributed by atoms with Crippen molar-refractivity contribution in [2.75, 3.05) is 46.9 Å². The maximum Gasteiger partial charge on any atom is 0.224 e. The molecular formula is C20H31N3O2. The third kappa shape index (κ3) is 5.58. The van der Waals surface area contributed by atoms with Crippen molar-refractivity contribution in [2.45, 2.75) is 25.9 Å². The van der Waals surface area contributed by atoms with E-state index in [0.717, 1.165) is 30.9 Å². The van der Waals surface area contributed by atoms with E-state index in [1.807, 2.05) is 36.1 Å². The Balaban J connectivity index is 2.06. The summed E-state index contributed by atoms with van der Waals surface area (Å²) in [5.74, 6) is 1.01. The first kappa shape index (κ1) is 19.5. The predicted molar refractivity (Wildman–Crippen MR) is 102 cm³/mol. The van der Waals surface area contributed by atoms with Crippen molar-refractivity contribution >= 4 is 5.91 Å². The summed E-state index contributed by atoms with van der Waals surface area (Å²) in [6.07, 6.45) is 2.32. The highest BCUT2D eigenvalue weighted by molar-refractivity contribution is 5.77. The Morgan fingerprint density at radius 3 is 2.84 bits per heavy atom. The van der Waals surface area contributed by atoms with E-state index in [-0.39, 0.29) is 11.9 Å². The summed E-state index contributed by atoms with van der Waals surface area (Å²) in [5, 5.41) is 0. The Labute approximate surface area is 151 Å². The molecule has 1 atom stereocenters. The third-order valence-corrected chi connectivity index (χ3v) is 4.73. The zero-order chi connectivity index (χ0) is 18.2. The number of benzene rings is 1. The molecule has 1 saturated heterocycles. The van der Waals surface area contributed by atoms with E-state index in [9.17, 15) is 4.79 Å². The number of likely N-dealkylation sites (N-methyl/N-ethyl adjacent to an activating group) is 2. The minimum absolute atomic E-state index is 0.165. The van der Waals surface area contributed by atoms with E-state index in [1.54, 1.807) is 6.08 Å². The first-order valence-electron chi connectivity index (χ1n) is 9.03. The lowest BCUT2D eigenvalue weighted by atomic mass is 10.1. The number of carbonyl (C=O) groups is 1. The van der Waals surface area contributed by atoms with Gasteiger partial charge < -0.3 is 19.4 Å². The van der Waals surface area contributed by atoms with Gasteiger partial charge in [-0.05, 0) is 27.1 Å². The van der Waals surface area contributed by atoms with Crippen LogP contribution in [0.2, 0.25) is 0 Å². The molecule has 0 saturated carbocycles. The van der Waals surface area contributed by atoms with Gasteiger partial charge in [-0.2, -0.15) is 0 Å². The average Bonchev–Trinajstić information content (AvgIpc) is 2.59. The Bertz CT molecular complexity index is 576. The van der Waals surface area contributed by atoms with Gasteiger partial charge in [0, 0.05) is 50.7 Å². The van der Waals surface area contributed by atoms with Gasteiger partial charge in [0.1, 0.15) is 5.75 Å². The molecular weight excluding hydrogens is 314 g/mol. The molecule has 0 bridgehead atoms. The van der Waals surface area contributed by atoms with Gasteiger partial charge in [0.15, 0.2) is 0 Å². The molecule has 1 aliphatic rings. The van der Waals surface area contributed by atoms with Crippen LogP contribution in [-0.4, -0.2) is 73.5 Å². The number of hydrogen-bond donors (Lipinski definition) is 0. The van der Waals surface area contributed by atoms with Crippen LogP contribution in [0.3, 0.4) is 0 Å². The summed E-state index contributed by atoms with van der Waals surface area (Å²) in [5.41, 5.74) is 1.04. The van der Waals surface area contributed by atoms with Gasteiger partial charge in [-0.15, -0.1) is 6.58 Å². The summed E-state index contributed by atoms with van der Waals surface area (Å²) in [4.78, 5) is 19.4. The lowest BCUT2D eigenvalue weighted by Gasteiger charge is -2.38. The maximum atomic E-state index is 12.9. The van der Waals surface area contributed by atoms with Gasteiger partial charge in [-0.1, -0.05) is 24.3 Å². The van der Waals surface area contributed by atoms with Crippen LogP contribution in [0.4, 0.5) is 0 Å². The molecule has 5 nitrogen and oxygen atoms in total. The van der Waals surface area contributed by atoms with Crippen LogP contribution in [0, 0.1) is 0 Å². The van der Waals surface area contributed by atoms with E-state index in [0.29, 0.717) is 26.1 Å². The van der Waals surface area contributed by atoms with Crippen LogP contribution in [0.5, 0.6) is 5.75 Å². The second-order valence-corrected chi connectivity index (χ2v) is 6.70. The molecule has 1 aliphatic heterocycles. The standard InChI is InChI=1S/C20H31N3O2/c1-5-11-23(15-17-9-7-8-10-19(17)25-6-2)20(24)14-18-16-21(3)12-13-22(18)4/h5,7-10,18H,1,6,11-16H2,2-4H3. The number of nitrogens with zero attached hydrogens (tertiary/aromatic N) is 3. The van der Waals surface area contributed by atoms with E-state index in [1.165, 1.54) is 0 Å². The summed E-state index contributed by atoms with van der Waals surface area (Å²) in [7, 11) is 4.22. The smallest absolute Gasteiger partial charge is 0.224 e. The maximum absolute atomic E-state index is 12.9. The zero-order valence-electron chi connectivity index (χ0n) is 15.8. The lowest BCUT2D eigenvalue weighted by Crippen LogP contribution is -2.51. The number of amides is 1. The number of hydrogen-bond acceptors (Lipinski definition) is 4. The normalized spacial score (nSPS) is 18.8. The molecule has 0 spiro atoms. The fourth-order valence-electron chi connectivity index (χ4n) is 3.20. The third-order valence-electron chi connectivity index (χ3n) is 4.73. The molecule has 1 aromatic carbocycles. The van der Waals surface area contributed by atoms with Gasteiger partial charge in [0.25, 0.3) is 0 Å². The largest absolute Gasteiger partial charge is 0.494 e. The van der Waals surface area contributed by atoms with Crippen LogP contribution >= 0.6 is 0 Å². The Morgan fingerprint density at radius 2 is 2.12 bits per heavy atom. The minimum Gasteiger partial charge on any atom is -0.494 e. The van der Waals surface area contributed by atoms with E-state index < -0.39 is 0 Å². The van der Waals surface area contributed by atoms with E-state index >= 15 is 0 Å². The number of ether oxygens (including phenoxy) is 1. The summed E-state index contributed by atoms with van der Waals surface area (Å²) >= 11 is 0. The van der Waals surface area contributed by atoms with Crippen LogP contribution in [0.25, 0.3) is 0 Å². The van der Waals surface area contributed by atoms with Crippen LogP contribution in [-0.2, 0) is 11.3 Å². The highest BCUT2D eigenvalue weighted by Crippen LogP contribution is 2.21. The predicted octanol–water partition coefficient (Wildman–Crippen LogP) is 2.24. The topological polar surface area (TPSA) is 36.0 Å². The fraction of sp³-hybridized carbons (Fsp3) is 0.550. The van der Waals surface area contributed by atoms with Gasteiger partial charge in [-0.25, -0.2) is 0 Å².